The van der Waals surface area contributed by atoms with Crippen LogP contribution in [0.5, 0.6) is 0 Å². The van der Waals surface area contributed by atoms with Gasteiger partial charge in [-0.2, -0.15) is 0 Å². The second-order valence-corrected chi connectivity index (χ2v) is 8.53. The number of anilines is 1. The van der Waals surface area contributed by atoms with E-state index in [0.29, 0.717) is 12.5 Å². The van der Waals surface area contributed by atoms with E-state index in [9.17, 15) is 0 Å². The summed E-state index contributed by atoms with van der Waals surface area (Å²) in [6.07, 6.45) is 10.1. The van der Waals surface area contributed by atoms with Crippen LogP contribution in [-0.2, 0) is 19.3 Å². The lowest BCUT2D eigenvalue weighted by Gasteiger charge is -2.33. The number of fused-ring (bicyclic) bond motifs is 1. The Kier molecular flexibility index (Phi) is 5.81. The molecule has 4 aromatic heterocycles. The number of pyridine rings is 2. The third-order valence-corrected chi connectivity index (χ3v) is 5.98. The van der Waals surface area contributed by atoms with Gasteiger partial charge in [-0.25, -0.2) is 15.0 Å². The zero-order valence-electron chi connectivity index (χ0n) is 18.7. The van der Waals surface area contributed by atoms with Crippen LogP contribution < -0.4 is 10.2 Å². The molecule has 7 heteroatoms. The van der Waals surface area contributed by atoms with Crippen molar-refractivity contribution in [2.24, 2.45) is 0 Å². The summed E-state index contributed by atoms with van der Waals surface area (Å²) in [6.45, 7) is 7.24. The predicted molar refractivity (Wildman–Crippen MR) is 126 cm³/mol. The van der Waals surface area contributed by atoms with E-state index in [-0.39, 0.29) is 0 Å². The van der Waals surface area contributed by atoms with Gasteiger partial charge in [0.15, 0.2) is 0 Å². The number of aromatic nitrogens is 5. The first-order valence-corrected chi connectivity index (χ1v) is 11.4. The summed E-state index contributed by atoms with van der Waals surface area (Å²) in [5.74, 6) is 1.83. The molecular formula is C25H29N7. The van der Waals surface area contributed by atoms with E-state index in [0.717, 1.165) is 61.2 Å². The summed E-state index contributed by atoms with van der Waals surface area (Å²) < 4.78 is 2.02. The Hall–Kier alpha value is -3.32. The first kappa shape index (κ1) is 20.6. The summed E-state index contributed by atoms with van der Waals surface area (Å²) >= 11 is 0. The lowest BCUT2D eigenvalue weighted by Crippen LogP contribution is -2.49. The Bertz CT molecular complexity index is 1220. The number of nitrogens with zero attached hydrogens (tertiary/aromatic N) is 6. The zero-order valence-corrected chi connectivity index (χ0v) is 18.7. The second-order valence-electron chi connectivity index (χ2n) is 8.53. The largest absolute Gasteiger partial charge is 0.354 e. The van der Waals surface area contributed by atoms with Gasteiger partial charge in [0.2, 0.25) is 0 Å². The van der Waals surface area contributed by atoms with Gasteiger partial charge in [0.25, 0.3) is 0 Å². The second kappa shape index (κ2) is 9.04. The van der Waals surface area contributed by atoms with Gasteiger partial charge in [0.1, 0.15) is 17.3 Å². The molecule has 0 saturated carbocycles. The molecule has 0 radical (unpaired) electrons. The van der Waals surface area contributed by atoms with Crippen molar-refractivity contribution in [1.82, 2.24) is 29.7 Å². The number of imidazole rings is 1. The molecule has 1 atom stereocenters. The van der Waals surface area contributed by atoms with Crippen molar-refractivity contribution in [3.05, 3.63) is 83.5 Å². The number of hydrogen-bond acceptors (Lipinski definition) is 6. The van der Waals surface area contributed by atoms with Crippen LogP contribution in [0.4, 0.5) is 5.82 Å². The monoisotopic (exact) mass is 427 g/mol. The standard InChI is InChI=1S/C25H29N7/c1-3-19-4-6-27-21(12-19)15-23-29-22(13-20-5-9-31-10-8-28-24(31)14-20)16-25(30-23)32-11-7-26-18(2)17-32/h4-6,8-10,12,14,16,18,26H,3,7,11,13,15,17H2,1-2H3/t18-/m1/s1. The van der Waals surface area contributed by atoms with E-state index < -0.39 is 0 Å². The lowest BCUT2D eigenvalue weighted by atomic mass is 10.1. The molecule has 1 aliphatic rings. The fraction of sp³-hybridized carbons (Fsp3) is 0.360. The SMILES string of the molecule is CCc1ccnc(Cc2nc(Cc3ccn4ccnc4c3)cc(N3CCN[C@H](C)C3)n2)c1. The quantitative estimate of drug-likeness (QED) is 0.510. The Balaban J connectivity index is 1.47. The molecule has 1 fully saturated rings. The Morgan fingerprint density at radius 3 is 2.78 bits per heavy atom. The molecule has 1 aliphatic heterocycles. The highest BCUT2D eigenvalue weighted by atomic mass is 15.2. The molecule has 164 valence electrons. The molecule has 32 heavy (non-hydrogen) atoms. The van der Waals surface area contributed by atoms with E-state index in [1.165, 1.54) is 11.1 Å². The van der Waals surface area contributed by atoms with E-state index in [1.54, 1.807) is 0 Å². The van der Waals surface area contributed by atoms with Crippen LogP contribution in [-0.4, -0.2) is 50.0 Å². The average Bonchev–Trinajstić information content (AvgIpc) is 3.27. The van der Waals surface area contributed by atoms with Crippen molar-refractivity contribution in [2.45, 2.75) is 39.2 Å². The van der Waals surface area contributed by atoms with Crippen LogP contribution in [0.2, 0.25) is 0 Å². The van der Waals surface area contributed by atoms with Crippen molar-refractivity contribution < 1.29 is 0 Å². The van der Waals surface area contributed by atoms with Crippen molar-refractivity contribution in [3.63, 3.8) is 0 Å². The summed E-state index contributed by atoms with van der Waals surface area (Å²) in [7, 11) is 0. The Labute approximate surface area is 188 Å². The fourth-order valence-electron chi connectivity index (χ4n) is 4.29. The highest BCUT2D eigenvalue weighted by Crippen LogP contribution is 2.19. The highest BCUT2D eigenvalue weighted by molar-refractivity contribution is 5.45. The van der Waals surface area contributed by atoms with Crippen LogP contribution in [0.25, 0.3) is 5.65 Å². The minimum absolute atomic E-state index is 0.441. The van der Waals surface area contributed by atoms with E-state index in [4.69, 9.17) is 9.97 Å². The number of nitrogens with one attached hydrogen (secondary N) is 1. The van der Waals surface area contributed by atoms with Crippen LogP contribution in [0.15, 0.2) is 55.1 Å². The van der Waals surface area contributed by atoms with Crippen molar-refractivity contribution >= 4 is 11.5 Å². The average molecular weight is 428 g/mol. The van der Waals surface area contributed by atoms with Crippen molar-refractivity contribution in [3.8, 4) is 0 Å². The lowest BCUT2D eigenvalue weighted by molar-refractivity contribution is 0.481. The van der Waals surface area contributed by atoms with E-state index in [2.05, 4.69) is 70.6 Å². The molecule has 0 aliphatic carbocycles. The number of aryl methyl sites for hydroxylation is 1. The molecule has 0 aromatic carbocycles. The maximum absolute atomic E-state index is 4.96. The van der Waals surface area contributed by atoms with Crippen LogP contribution >= 0.6 is 0 Å². The topological polar surface area (TPSA) is 71.2 Å². The molecule has 0 unspecified atom stereocenters. The molecule has 0 bridgehead atoms. The maximum Gasteiger partial charge on any atom is 0.136 e. The number of hydrogen-bond donors (Lipinski definition) is 1. The smallest absolute Gasteiger partial charge is 0.136 e. The molecule has 7 nitrogen and oxygen atoms in total. The van der Waals surface area contributed by atoms with Gasteiger partial charge < -0.3 is 14.6 Å². The van der Waals surface area contributed by atoms with E-state index in [1.807, 2.05) is 23.0 Å². The van der Waals surface area contributed by atoms with Crippen LogP contribution in [0.3, 0.4) is 0 Å². The third kappa shape index (κ3) is 4.62. The minimum Gasteiger partial charge on any atom is -0.354 e. The van der Waals surface area contributed by atoms with Gasteiger partial charge in [-0.05, 0) is 48.7 Å². The van der Waals surface area contributed by atoms with Crippen molar-refractivity contribution in [2.75, 3.05) is 24.5 Å². The molecule has 1 saturated heterocycles. The number of piperazine rings is 1. The summed E-state index contributed by atoms with van der Waals surface area (Å²) in [6, 6.07) is 11.1. The van der Waals surface area contributed by atoms with Gasteiger partial charge >= 0.3 is 0 Å². The Morgan fingerprint density at radius 1 is 0.969 bits per heavy atom. The fourth-order valence-corrected chi connectivity index (χ4v) is 4.29. The molecule has 0 spiro atoms. The van der Waals surface area contributed by atoms with Gasteiger partial charge in [-0.3, -0.25) is 4.98 Å². The zero-order chi connectivity index (χ0) is 21.9. The summed E-state index contributed by atoms with van der Waals surface area (Å²) in [5.41, 5.74) is 5.47. The van der Waals surface area contributed by atoms with Gasteiger partial charge in [-0.15, -0.1) is 0 Å². The summed E-state index contributed by atoms with van der Waals surface area (Å²) in [4.78, 5) is 21.2. The van der Waals surface area contributed by atoms with E-state index >= 15 is 0 Å². The first-order chi connectivity index (χ1) is 15.7. The maximum atomic E-state index is 4.96. The highest BCUT2D eigenvalue weighted by Gasteiger charge is 2.19. The number of rotatable bonds is 6. The molecule has 1 N–H and O–H groups in total. The molecular weight excluding hydrogens is 398 g/mol. The normalized spacial score (nSPS) is 16.6. The molecule has 4 aromatic rings. The minimum atomic E-state index is 0.441. The third-order valence-electron chi connectivity index (χ3n) is 5.98. The predicted octanol–water partition coefficient (Wildman–Crippen LogP) is 3.06. The molecule has 5 rings (SSSR count). The van der Waals surface area contributed by atoms with Gasteiger partial charge in [0, 0.05) is 68.6 Å². The summed E-state index contributed by atoms with van der Waals surface area (Å²) in [5, 5.41) is 3.51. The molecule has 5 heterocycles. The Morgan fingerprint density at radius 2 is 1.91 bits per heavy atom. The first-order valence-electron chi connectivity index (χ1n) is 11.4. The van der Waals surface area contributed by atoms with Crippen LogP contribution in [0, 0.1) is 0 Å². The van der Waals surface area contributed by atoms with Crippen LogP contribution in [0.1, 0.15) is 42.2 Å². The van der Waals surface area contributed by atoms with Gasteiger partial charge in [-0.1, -0.05) is 6.92 Å². The molecule has 0 amide bonds. The van der Waals surface area contributed by atoms with Gasteiger partial charge in [0.05, 0.1) is 12.1 Å². The van der Waals surface area contributed by atoms with Crippen molar-refractivity contribution in [1.29, 1.82) is 0 Å².